The number of Topliss-reactive ketones (excluding diaryl/α,β-unsaturated/α-hetero) is 1. The molecule has 0 fully saturated rings. The molecule has 0 aliphatic carbocycles. The third kappa shape index (κ3) is 3.75. The van der Waals surface area contributed by atoms with Crippen LogP contribution in [0.25, 0.3) is 0 Å². The van der Waals surface area contributed by atoms with E-state index in [9.17, 15) is 4.79 Å². The van der Waals surface area contributed by atoms with Crippen molar-refractivity contribution in [1.82, 2.24) is 0 Å². The molecule has 0 bridgehead atoms. The van der Waals surface area contributed by atoms with E-state index in [2.05, 4.69) is 16.8 Å². The fraction of sp³-hybridized carbons (Fsp3) is 0.231. The third-order valence-electron chi connectivity index (χ3n) is 2.24. The molecule has 0 aliphatic rings. The van der Waals surface area contributed by atoms with Gasteiger partial charge in [0.05, 0.1) is 5.69 Å². The first-order chi connectivity index (χ1) is 8.04. The molecule has 17 heavy (non-hydrogen) atoms. The maximum Gasteiger partial charge on any atom is 0.160 e. The van der Waals surface area contributed by atoms with Crippen molar-refractivity contribution in [2.75, 3.05) is 0 Å². The van der Waals surface area contributed by atoms with Crippen LogP contribution in [0.3, 0.4) is 0 Å². The van der Waals surface area contributed by atoms with Crippen molar-refractivity contribution in [1.29, 1.82) is 5.41 Å². The number of aryl methyl sites for hydroxylation is 1. The van der Waals surface area contributed by atoms with E-state index < -0.39 is 6.04 Å². The lowest BCUT2D eigenvalue weighted by molar-refractivity contribution is -0.117. The minimum absolute atomic E-state index is 0.172. The molecule has 0 spiro atoms. The predicted molar refractivity (Wildman–Crippen MR) is 68.1 cm³/mol. The fourth-order valence-corrected chi connectivity index (χ4v) is 1.23. The van der Waals surface area contributed by atoms with Gasteiger partial charge in [-0.1, -0.05) is 24.3 Å². The molecule has 1 atom stereocenters. The van der Waals surface area contributed by atoms with Crippen LogP contribution in [0, 0.1) is 12.3 Å². The smallest absolute Gasteiger partial charge is 0.160 e. The first-order valence-electron chi connectivity index (χ1n) is 5.22. The molecular weight excluding hydrogens is 214 g/mol. The summed E-state index contributed by atoms with van der Waals surface area (Å²) < 4.78 is 0. The fourth-order valence-electron chi connectivity index (χ4n) is 1.23. The Labute approximate surface area is 101 Å². The number of carbonyl (C=O) groups excluding carboxylic acids is 1. The second kappa shape index (κ2) is 5.84. The Balaban J connectivity index is 2.86. The number of benzene rings is 1. The van der Waals surface area contributed by atoms with E-state index >= 15 is 0 Å². The maximum absolute atomic E-state index is 11.3. The van der Waals surface area contributed by atoms with Gasteiger partial charge in [0.1, 0.15) is 0 Å². The van der Waals surface area contributed by atoms with Crippen LogP contribution < -0.4 is 0 Å². The van der Waals surface area contributed by atoms with E-state index in [1.54, 1.807) is 0 Å². The molecule has 0 aromatic heterocycles. The van der Waals surface area contributed by atoms with Crippen molar-refractivity contribution >= 4 is 17.7 Å². The van der Waals surface area contributed by atoms with Gasteiger partial charge in [-0.3, -0.25) is 4.79 Å². The van der Waals surface area contributed by atoms with Crippen LogP contribution in [0.15, 0.2) is 46.6 Å². The van der Waals surface area contributed by atoms with Gasteiger partial charge in [-0.15, -0.1) is 0 Å². The van der Waals surface area contributed by atoms with Gasteiger partial charge in [-0.2, -0.15) is 10.2 Å². The Morgan fingerprint density at radius 2 is 2.00 bits per heavy atom. The summed E-state index contributed by atoms with van der Waals surface area (Å²) in [5, 5.41) is 15.0. The Kier molecular flexibility index (Phi) is 4.46. The second-order valence-electron chi connectivity index (χ2n) is 3.78. The van der Waals surface area contributed by atoms with Gasteiger partial charge in [0.25, 0.3) is 0 Å². The first kappa shape index (κ1) is 13.0. The molecule has 88 valence electrons. The zero-order chi connectivity index (χ0) is 12.8. The molecule has 0 aliphatic heterocycles. The number of hydrogen-bond donors (Lipinski definition) is 1. The Bertz CT molecular complexity index is 460. The van der Waals surface area contributed by atoms with E-state index in [4.69, 9.17) is 5.41 Å². The summed E-state index contributed by atoms with van der Waals surface area (Å²) in [5.74, 6) is -0.172. The van der Waals surface area contributed by atoms with Crippen molar-refractivity contribution in [2.24, 2.45) is 10.2 Å². The van der Waals surface area contributed by atoms with Crippen LogP contribution in [0.2, 0.25) is 0 Å². The van der Waals surface area contributed by atoms with Gasteiger partial charge in [-0.05, 0) is 31.6 Å². The van der Waals surface area contributed by atoms with Gasteiger partial charge in [0.2, 0.25) is 0 Å². The van der Waals surface area contributed by atoms with E-state index in [-0.39, 0.29) is 5.78 Å². The molecule has 0 radical (unpaired) electrons. The SMILES string of the molecule is C=C(C=N)C(/N=N/c1ccc(C)cc1)C(C)=O. The molecule has 1 aromatic rings. The normalized spacial score (nSPS) is 12.4. The number of azo groups is 1. The highest BCUT2D eigenvalue weighted by molar-refractivity contribution is 5.93. The van der Waals surface area contributed by atoms with Crippen LogP contribution in [0.5, 0.6) is 0 Å². The average Bonchev–Trinajstić information content (AvgIpc) is 2.31. The molecule has 4 nitrogen and oxygen atoms in total. The molecule has 4 heteroatoms. The number of carbonyl (C=O) groups is 1. The van der Waals surface area contributed by atoms with Crippen molar-refractivity contribution in [2.45, 2.75) is 19.9 Å². The highest BCUT2D eigenvalue weighted by Crippen LogP contribution is 2.15. The molecule has 1 unspecified atom stereocenters. The van der Waals surface area contributed by atoms with Crippen molar-refractivity contribution < 1.29 is 4.79 Å². The zero-order valence-corrected chi connectivity index (χ0v) is 9.97. The molecule has 0 heterocycles. The highest BCUT2D eigenvalue weighted by Gasteiger charge is 2.15. The number of rotatable bonds is 5. The van der Waals surface area contributed by atoms with E-state index in [1.807, 2.05) is 31.2 Å². The summed E-state index contributed by atoms with van der Waals surface area (Å²) in [7, 11) is 0. The molecule has 1 rings (SSSR count). The van der Waals surface area contributed by atoms with Crippen LogP contribution in [0.1, 0.15) is 12.5 Å². The van der Waals surface area contributed by atoms with Gasteiger partial charge in [0, 0.05) is 6.21 Å². The Hall–Kier alpha value is -2.10. The maximum atomic E-state index is 11.3. The number of ketones is 1. The van der Waals surface area contributed by atoms with Gasteiger partial charge < -0.3 is 5.41 Å². The van der Waals surface area contributed by atoms with E-state index in [0.717, 1.165) is 11.8 Å². The second-order valence-corrected chi connectivity index (χ2v) is 3.78. The Morgan fingerprint density at radius 3 is 2.47 bits per heavy atom. The number of hydrogen-bond acceptors (Lipinski definition) is 4. The summed E-state index contributed by atoms with van der Waals surface area (Å²) in [6, 6.07) is 6.73. The number of nitrogens with one attached hydrogen (secondary N) is 1. The lowest BCUT2D eigenvalue weighted by atomic mass is 10.1. The minimum Gasteiger partial charge on any atom is -0.308 e. The third-order valence-corrected chi connectivity index (χ3v) is 2.24. The molecule has 1 N–H and O–H groups in total. The molecular formula is C13H15N3O. The lowest BCUT2D eigenvalue weighted by Crippen LogP contribution is -2.17. The largest absolute Gasteiger partial charge is 0.308 e. The summed E-state index contributed by atoms with van der Waals surface area (Å²) in [6.45, 7) is 7.00. The molecule has 1 aromatic carbocycles. The highest BCUT2D eigenvalue weighted by atomic mass is 16.1. The van der Waals surface area contributed by atoms with E-state index in [0.29, 0.717) is 11.3 Å². The number of nitrogens with zero attached hydrogens (tertiary/aromatic N) is 2. The Morgan fingerprint density at radius 1 is 1.41 bits per heavy atom. The van der Waals surface area contributed by atoms with Crippen LogP contribution in [0.4, 0.5) is 5.69 Å². The predicted octanol–water partition coefficient (Wildman–Crippen LogP) is 3.24. The van der Waals surface area contributed by atoms with Crippen molar-refractivity contribution in [3.8, 4) is 0 Å². The monoisotopic (exact) mass is 229 g/mol. The van der Waals surface area contributed by atoms with Crippen molar-refractivity contribution in [3.63, 3.8) is 0 Å². The molecule has 0 amide bonds. The van der Waals surface area contributed by atoms with Crippen LogP contribution >= 0.6 is 0 Å². The lowest BCUT2D eigenvalue weighted by Gasteiger charge is -2.05. The van der Waals surface area contributed by atoms with Gasteiger partial charge in [0.15, 0.2) is 11.8 Å². The van der Waals surface area contributed by atoms with E-state index in [1.165, 1.54) is 6.92 Å². The standard InChI is InChI=1S/C13H15N3O/c1-9-4-6-12(7-5-9)15-16-13(11(3)17)10(2)8-14/h4-8,13-14H,2H2,1,3H3/b14-8?,16-15+. The topological polar surface area (TPSA) is 65.6 Å². The minimum atomic E-state index is -0.756. The average molecular weight is 229 g/mol. The first-order valence-corrected chi connectivity index (χ1v) is 5.22. The summed E-state index contributed by atoms with van der Waals surface area (Å²) in [5.41, 5.74) is 2.16. The summed E-state index contributed by atoms with van der Waals surface area (Å²) in [6.07, 6.45) is 1.03. The van der Waals surface area contributed by atoms with Gasteiger partial charge in [-0.25, -0.2) is 0 Å². The quantitative estimate of drug-likeness (QED) is 0.611. The summed E-state index contributed by atoms with van der Waals surface area (Å²) in [4.78, 5) is 11.3. The van der Waals surface area contributed by atoms with Crippen LogP contribution in [-0.2, 0) is 4.79 Å². The zero-order valence-electron chi connectivity index (χ0n) is 9.97. The van der Waals surface area contributed by atoms with Crippen molar-refractivity contribution in [3.05, 3.63) is 42.0 Å². The molecule has 0 saturated carbocycles. The molecule has 0 saturated heterocycles. The van der Waals surface area contributed by atoms with Gasteiger partial charge >= 0.3 is 0 Å². The summed E-state index contributed by atoms with van der Waals surface area (Å²) >= 11 is 0. The van der Waals surface area contributed by atoms with Crippen LogP contribution in [-0.4, -0.2) is 18.0 Å².